The molecule has 0 aliphatic heterocycles. The van der Waals surface area contributed by atoms with Gasteiger partial charge in [-0.1, -0.05) is 0 Å². The predicted molar refractivity (Wildman–Crippen MR) is 60.3 cm³/mol. The molecule has 0 heterocycles. The maximum Gasteiger partial charge on any atom is 0.119 e. The summed E-state index contributed by atoms with van der Waals surface area (Å²) in [5.41, 5.74) is 1.04. The number of hydrogen-bond donors (Lipinski definition) is 2. The first-order valence-corrected chi connectivity index (χ1v) is 5.38. The van der Waals surface area contributed by atoms with Crippen molar-refractivity contribution in [3.8, 4) is 5.75 Å². The van der Waals surface area contributed by atoms with E-state index in [9.17, 15) is 5.11 Å². The van der Waals surface area contributed by atoms with E-state index in [0.29, 0.717) is 0 Å². The molecule has 15 heavy (non-hydrogen) atoms. The molecule has 1 aliphatic rings. The summed E-state index contributed by atoms with van der Waals surface area (Å²) in [7, 11) is 1.66. The van der Waals surface area contributed by atoms with E-state index in [1.54, 1.807) is 7.11 Å². The first kappa shape index (κ1) is 10.3. The number of rotatable bonds is 3. The predicted octanol–water partition coefficient (Wildman–Crippen LogP) is 2.02. The van der Waals surface area contributed by atoms with Crippen LogP contribution >= 0.6 is 0 Å². The van der Waals surface area contributed by atoms with Crippen LogP contribution in [0.3, 0.4) is 0 Å². The van der Waals surface area contributed by atoms with Gasteiger partial charge in [-0.3, -0.25) is 0 Å². The molecule has 0 spiro atoms. The molecule has 1 aromatic carbocycles. The summed E-state index contributed by atoms with van der Waals surface area (Å²) in [5, 5.41) is 13.0. The third-order valence-electron chi connectivity index (χ3n) is 2.92. The molecule has 2 atom stereocenters. The smallest absolute Gasteiger partial charge is 0.119 e. The van der Waals surface area contributed by atoms with Gasteiger partial charge in [0, 0.05) is 5.69 Å². The molecule has 0 bridgehead atoms. The van der Waals surface area contributed by atoms with Crippen LogP contribution in [0, 0.1) is 0 Å². The van der Waals surface area contributed by atoms with E-state index in [1.165, 1.54) is 0 Å². The molecular formula is C12H17NO2. The first-order valence-electron chi connectivity index (χ1n) is 5.38. The topological polar surface area (TPSA) is 41.5 Å². The van der Waals surface area contributed by atoms with Gasteiger partial charge in [0.05, 0.1) is 19.3 Å². The molecular weight excluding hydrogens is 190 g/mol. The largest absolute Gasteiger partial charge is 0.497 e. The average Bonchev–Trinajstić information content (AvgIpc) is 2.66. The van der Waals surface area contributed by atoms with Crippen LogP contribution < -0.4 is 10.1 Å². The Morgan fingerprint density at radius 1 is 1.27 bits per heavy atom. The van der Waals surface area contributed by atoms with Crippen LogP contribution in [-0.4, -0.2) is 24.4 Å². The van der Waals surface area contributed by atoms with Crippen LogP contribution in [0.15, 0.2) is 24.3 Å². The normalized spacial score (nSPS) is 25.2. The summed E-state index contributed by atoms with van der Waals surface area (Å²) in [5.74, 6) is 0.854. The lowest BCUT2D eigenvalue weighted by Gasteiger charge is -2.17. The number of benzene rings is 1. The van der Waals surface area contributed by atoms with Crippen molar-refractivity contribution in [1.29, 1.82) is 0 Å². The minimum atomic E-state index is -0.202. The Bertz CT molecular complexity index is 310. The van der Waals surface area contributed by atoms with Crippen molar-refractivity contribution in [2.75, 3.05) is 12.4 Å². The number of ether oxygens (including phenoxy) is 1. The van der Waals surface area contributed by atoms with Gasteiger partial charge in [0.25, 0.3) is 0 Å². The lowest BCUT2D eigenvalue weighted by Crippen LogP contribution is -2.27. The molecule has 2 rings (SSSR count). The lowest BCUT2D eigenvalue weighted by atomic mass is 10.2. The van der Waals surface area contributed by atoms with E-state index in [0.717, 1.165) is 30.7 Å². The van der Waals surface area contributed by atoms with E-state index < -0.39 is 0 Å². The monoisotopic (exact) mass is 207 g/mol. The summed E-state index contributed by atoms with van der Waals surface area (Å²) in [6, 6.07) is 8.00. The highest BCUT2D eigenvalue weighted by atomic mass is 16.5. The number of aliphatic hydroxyl groups excluding tert-OH is 1. The Morgan fingerprint density at radius 2 is 2.00 bits per heavy atom. The van der Waals surface area contributed by atoms with Crippen molar-refractivity contribution in [1.82, 2.24) is 0 Å². The number of nitrogens with one attached hydrogen (secondary N) is 1. The average molecular weight is 207 g/mol. The van der Waals surface area contributed by atoms with Gasteiger partial charge in [-0.2, -0.15) is 0 Å². The van der Waals surface area contributed by atoms with Gasteiger partial charge in [-0.05, 0) is 43.5 Å². The third kappa shape index (κ3) is 2.42. The lowest BCUT2D eigenvalue weighted by molar-refractivity contribution is 0.172. The molecule has 3 heteroatoms. The van der Waals surface area contributed by atoms with Crippen LogP contribution in [0.25, 0.3) is 0 Å². The molecule has 1 fully saturated rings. The highest BCUT2D eigenvalue weighted by Crippen LogP contribution is 2.24. The molecule has 1 aromatic rings. The zero-order valence-corrected chi connectivity index (χ0v) is 8.94. The molecule has 1 saturated carbocycles. The van der Waals surface area contributed by atoms with Crippen LogP contribution in [0.5, 0.6) is 5.75 Å². The number of aliphatic hydroxyl groups is 1. The highest BCUT2D eigenvalue weighted by molar-refractivity contribution is 5.47. The molecule has 3 nitrogen and oxygen atoms in total. The second-order valence-corrected chi connectivity index (χ2v) is 3.98. The number of hydrogen-bond acceptors (Lipinski definition) is 3. The minimum absolute atomic E-state index is 0.202. The van der Waals surface area contributed by atoms with Gasteiger partial charge in [-0.15, -0.1) is 0 Å². The summed E-state index contributed by atoms with van der Waals surface area (Å²) in [6.07, 6.45) is 2.86. The summed E-state index contributed by atoms with van der Waals surface area (Å²) in [4.78, 5) is 0. The van der Waals surface area contributed by atoms with Crippen LogP contribution in [0.4, 0.5) is 5.69 Å². The number of methoxy groups -OCH3 is 1. The Morgan fingerprint density at radius 3 is 2.53 bits per heavy atom. The van der Waals surface area contributed by atoms with E-state index in [4.69, 9.17) is 4.74 Å². The summed E-state index contributed by atoms with van der Waals surface area (Å²) in [6.45, 7) is 0. The standard InChI is InChI=1S/C12H17NO2/c1-15-10-7-5-9(6-8-10)13-11-3-2-4-12(11)14/h5-8,11-14H,2-4H2,1H3/t11-,12-/m1/s1. The highest BCUT2D eigenvalue weighted by Gasteiger charge is 2.24. The Balaban J connectivity index is 1.98. The van der Waals surface area contributed by atoms with Crippen LogP contribution in [-0.2, 0) is 0 Å². The molecule has 1 aliphatic carbocycles. The van der Waals surface area contributed by atoms with Crippen molar-refractivity contribution in [2.24, 2.45) is 0 Å². The van der Waals surface area contributed by atoms with Gasteiger partial charge in [0.1, 0.15) is 5.75 Å². The molecule has 0 unspecified atom stereocenters. The van der Waals surface area contributed by atoms with E-state index in [1.807, 2.05) is 24.3 Å². The summed E-state index contributed by atoms with van der Waals surface area (Å²) >= 11 is 0. The van der Waals surface area contributed by atoms with Crippen molar-refractivity contribution >= 4 is 5.69 Å². The second-order valence-electron chi connectivity index (χ2n) is 3.98. The van der Waals surface area contributed by atoms with Gasteiger partial charge >= 0.3 is 0 Å². The second kappa shape index (κ2) is 4.53. The fourth-order valence-corrected chi connectivity index (χ4v) is 2.01. The molecule has 0 saturated heterocycles. The molecule has 82 valence electrons. The zero-order chi connectivity index (χ0) is 10.7. The SMILES string of the molecule is COc1ccc(N[C@@H]2CCC[C@H]2O)cc1. The van der Waals surface area contributed by atoms with E-state index >= 15 is 0 Å². The van der Waals surface area contributed by atoms with Gasteiger partial charge in [-0.25, -0.2) is 0 Å². The fraction of sp³-hybridized carbons (Fsp3) is 0.500. The van der Waals surface area contributed by atoms with Crippen molar-refractivity contribution in [3.63, 3.8) is 0 Å². The van der Waals surface area contributed by atoms with E-state index in [-0.39, 0.29) is 12.1 Å². The van der Waals surface area contributed by atoms with Crippen molar-refractivity contribution in [2.45, 2.75) is 31.4 Å². The number of anilines is 1. The fourth-order valence-electron chi connectivity index (χ4n) is 2.01. The zero-order valence-electron chi connectivity index (χ0n) is 8.94. The molecule has 0 aromatic heterocycles. The molecule has 0 amide bonds. The van der Waals surface area contributed by atoms with Gasteiger partial charge < -0.3 is 15.2 Å². The van der Waals surface area contributed by atoms with Crippen molar-refractivity contribution < 1.29 is 9.84 Å². The maximum absolute atomic E-state index is 9.66. The Kier molecular flexibility index (Phi) is 3.11. The first-order chi connectivity index (χ1) is 7.29. The van der Waals surface area contributed by atoms with Crippen LogP contribution in [0.2, 0.25) is 0 Å². The van der Waals surface area contributed by atoms with E-state index in [2.05, 4.69) is 5.32 Å². The molecule has 0 radical (unpaired) electrons. The van der Waals surface area contributed by atoms with Crippen LogP contribution in [0.1, 0.15) is 19.3 Å². The molecule has 2 N–H and O–H groups in total. The Labute approximate surface area is 90.1 Å². The van der Waals surface area contributed by atoms with Crippen molar-refractivity contribution in [3.05, 3.63) is 24.3 Å². The van der Waals surface area contributed by atoms with Gasteiger partial charge in [0.15, 0.2) is 0 Å². The summed E-state index contributed by atoms with van der Waals surface area (Å²) < 4.78 is 5.08. The Hall–Kier alpha value is -1.22. The maximum atomic E-state index is 9.66. The third-order valence-corrected chi connectivity index (χ3v) is 2.92. The minimum Gasteiger partial charge on any atom is -0.497 e. The van der Waals surface area contributed by atoms with Gasteiger partial charge in [0.2, 0.25) is 0 Å². The quantitative estimate of drug-likeness (QED) is 0.796.